The Morgan fingerprint density at radius 1 is 1.45 bits per heavy atom. The van der Waals surface area contributed by atoms with E-state index in [0.29, 0.717) is 23.4 Å². The SMILES string of the molecule is Cc1cc(C)nc(SCC(=O)NC(CN)C2CC2)n1.Cl. The standard InChI is InChI=1S/C13H20N4OS.ClH/c1-8-5-9(2)16-13(15-8)19-7-12(18)17-11(6-14)10-3-4-10;/h5,10-11H,3-4,6-7,14H2,1-2H3,(H,17,18);1H. The van der Waals surface area contributed by atoms with Crippen LogP contribution in [0.15, 0.2) is 11.2 Å². The first-order valence-corrected chi connectivity index (χ1v) is 7.51. The molecule has 1 aliphatic rings. The maximum absolute atomic E-state index is 11.8. The summed E-state index contributed by atoms with van der Waals surface area (Å²) in [7, 11) is 0. The quantitative estimate of drug-likeness (QED) is 0.613. The van der Waals surface area contributed by atoms with Crippen LogP contribution in [-0.4, -0.2) is 34.2 Å². The molecule has 2 rings (SSSR count). The lowest BCUT2D eigenvalue weighted by atomic mass is 10.2. The van der Waals surface area contributed by atoms with Crippen molar-refractivity contribution in [3.63, 3.8) is 0 Å². The highest BCUT2D eigenvalue weighted by Gasteiger charge is 2.31. The Hall–Kier alpha value is -0.850. The molecular weight excluding hydrogens is 296 g/mol. The van der Waals surface area contributed by atoms with Crippen molar-refractivity contribution in [2.24, 2.45) is 11.7 Å². The van der Waals surface area contributed by atoms with Crippen molar-refractivity contribution >= 4 is 30.1 Å². The fourth-order valence-corrected chi connectivity index (χ4v) is 2.77. The summed E-state index contributed by atoms with van der Waals surface area (Å²) in [5.41, 5.74) is 7.51. The predicted octanol–water partition coefficient (Wildman–Crippen LogP) is 1.46. The molecule has 1 heterocycles. The largest absolute Gasteiger partial charge is 0.351 e. The van der Waals surface area contributed by atoms with Gasteiger partial charge in [-0.05, 0) is 38.7 Å². The topological polar surface area (TPSA) is 80.9 Å². The van der Waals surface area contributed by atoms with E-state index in [1.807, 2.05) is 19.9 Å². The fourth-order valence-electron chi connectivity index (χ4n) is 2.00. The third-order valence-corrected chi connectivity index (χ3v) is 3.93. The van der Waals surface area contributed by atoms with Crippen LogP contribution < -0.4 is 11.1 Å². The second-order valence-corrected chi connectivity index (χ2v) is 5.91. The first kappa shape index (κ1) is 17.2. The van der Waals surface area contributed by atoms with Crippen molar-refractivity contribution in [2.75, 3.05) is 12.3 Å². The van der Waals surface area contributed by atoms with E-state index in [4.69, 9.17) is 5.73 Å². The van der Waals surface area contributed by atoms with Crippen molar-refractivity contribution < 1.29 is 4.79 Å². The second kappa shape index (κ2) is 7.81. The molecule has 1 fully saturated rings. The summed E-state index contributed by atoms with van der Waals surface area (Å²) >= 11 is 1.37. The molecule has 0 spiro atoms. The average molecular weight is 317 g/mol. The molecule has 0 aliphatic heterocycles. The summed E-state index contributed by atoms with van der Waals surface area (Å²) in [6.07, 6.45) is 2.35. The maximum Gasteiger partial charge on any atom is 0.230 e. The summed E-state index contributed by atoms with van der Waals surface area (Å²) in [5.74, 6) is 0.929. The normalized spacial score (nSPS) is 15.3. The first-order valence-electron chi connectivity index (χ1n) is 6.53. The van der Waals surface area contributed by atoms with E-state index in [1.54, 1.807) is 0 Å². The predicted molar refractivity (Wildman–Crippen MR) is 83.2 cm³/mol. The molecule has 0 bridgehead atoms. The molecule has 7 heteroatoms. The molecule has 1 saturated carbocycles. The lowest BCUT2D eigenvalue weighted by Crippen LogP contribution is -2.42. The smallest absolute Gasteiger partial charge is 0.230 e. The van der Waals surface area contributed by atoms with Gasteiger partial charge in [-0.25, -0.2) is 9.97 Å². The van der Waals surface area contributed by atoms with E-state index in [1.165, 1.54) is 24.6 Å². The Morgan fingerprint density at radius 3 is 2.55 bits per heavy atom. The minimum Gasteiger partial charge on any atom is -0.351 e. The highest BCUT2D eigenvalue weighted by atomic mass is 35.5. The number of hydrogen-bond acceptors (Lipinski definition) is 5. The minimum atomic E-state index is 0. The third-order valence-electron chi connectivity index (χ3n) is 3.09. The molecule has 1 aromatic rings. The number of aryl methyl sites for hydroxylation is 2. The molecule has 1 atom stereocenters. The van der Waals surface area contributed by atoms with Gasteiger partial charge in [-0.3, -0.25) is 4.79 Å². The monoisotopic (exact) mass is 316 g/mol. The van der Waals surface area contributed by atoms with Gasteiger partial charge in [0.1, 0.15) is 0 Å². The number of amides is 1. The van der Waals surface area contributed by atoms with E-state index in [9.17, 15) is 4.79 Å². The molecule has 0 aromatic carbocycles. The Morgan fingerprint density at radius 2 is 2.05 bits per heavy atom. The first-order chi connectivity index (χ1) is 9.08. The molecule has 1 unspecified atom stereocenters. The van der Waals surface area contributed by atoms with Gasteiger partial charge in [0.2, 0.25) is 5.91 Å². The van der Waals surface area contributed by atoms with Gasteiger partial charge in [-0.15, -0.1) is 12.4 Å². The van der Waals surface area contributed by atoms with Gasteiger partial charge in [0, 0.05) is 24.0 Å². The Kier molecular flexibility index (Phi) is 6.71. The van der Waals surface area contributed by atoms with Crippen LogP contribution in [0, 0.1) is 19.8 Å². The van der Waals surface area contributed by atoms with Crippen molar-refractivity contribution in [2.45, 2.75) is 37.9 Å². The van der Waals surface area contributed by atoms with Crippen molar-refractivity contribution in [1.29, 1.82) is 0 Å². The molecule has 0 radical (unpaired) electrons. The molecule has 3 N–H and O–H groups in total. The lowest BCUT2D eigenvalue weighted by Gasteiger charge is -2.15. The zero-order valence-electron chi connectivity index (χ0n) is 11.8. The Labute approximate surface area is 129 Å². The van der Waals surface area contributed by atoms with Crippen LogP contribution in [0.25, 0.3) is 0 Å². The number of rotatable bonds is 6. The number of nitrogens with two attached hydrogens (primary N) is 1. The molecule has 20 heavy (non-hydrogen) atoms. The fraction of sp³-hybridized carbons (Fsp3) is 0.615. The number of nitrogens with zero attached hydrogens (tertiary/aromatic N) is 2. The number of aromatic nitrogens is 2. The van der Waals surface area contributed by atoms with Gasteiger partial charge in [-0.1, -0.05) is 11.8 Å². The van der Waals surface area contributed by atoms with Crippen LogP contribution >= 0.6 is 24.2 Å². The number of halogens is 1. The van der Waals surface area contributed by atoms with Gasteiger partial charge in [0.15, 0.2) is 5.16 Å². The van der Waals surface area contributed by atoms with Gasteiger partial charge >= 0.3 is 0 Å². The van der Waals surface area contributed by atoms with Gasteiger partial charge < -0.3 is 11.1 Å². The number of hydrogen-bond donors (Lipinski definition) is 2. The van der Waals surface area contributed by atoms with Crippen molar-refractivity contribution in [1.82, 2.24) is 15.3 Å². The van der Waals surface area contributed by atoms with Crippen LogP contribution in [0.2, 0.25) is 0 Å². The highest BCUT2D eigenvalue weighted by Crippen LogP contribution is 2.32. The lowest BCUT2D eigenvalue weighted by molar-refractivity contribution is -0.119. The van der Waals surface area contributed by atoms with E-state index >= 15 is 0 Å². The zero-order chi connectivity index (χ0) is 13.8. The Balaban J connectivity index is 0.00000200. The molecule has 1 aliphatic carbocycles. The second-order valence-electron chi connectivity index (χ2n) is 4.97. The molecule has 112 valence electrons. The maximum atomic E-state index is 11.8. The summed E-state index contributed by atoms with van der Waals surface area (Å²) in [6.45, 7) is 4.37. The highest BCUT2D eigenvalue weighted by molar-refractivity contribution is 7.99. The summed E-state index contributed by atoms with van der Waals surface area (Å²) in [6, 6.07) is 2.05. The molecule has 0 saturated heterocycles. The van der Waals surface area contributed by atoms with E-state index < -0.39 is 0 Å². The molecule has 1 amide bonds. The van der Waals surface area contributed by atoms with Gasteiger partial charge in [0.25, 0.3) is 0 Å². The summed E-state index contributed by atoms with van der Waals surface area (Å²) < 4.78 is 0. The van der Waals surface area contributed by atoms with Crippen LogP contribution in [0.5, 0.6) is 0 Å². The summed E-state index contributed by atoms with van der Waals surface area (Å²) in [5, 5.41) is 3.64. The number of thioether (sulfide) groups is 1. The molecule has 5 nitrogen and oxygen atoms in total. The van der Waals surface area contributed by atoms with E-state index in [2.05, 4.69) is 15.3 Å². The van der Waals surface area contributed by atoms with E-state index in [-0.39, 0.29) is 24.4 Å². The average Bonchev–Trinajstić information content (AvgIpc) is 3.16. The van der Waals surface area contributed by atoms with Crippen LogP contribution in [0.4, 0.5) is 0 Å². The van der Waals surface area contributed by atoms with Gasteiger partial charge in [0.05, 0.1) is 5.75 Å². The number of nitrogens with one attached hydrogen (secondary N) is 1. The third kappa shape index (κ3) is 5.26. The zero-order valence-corrected chi connectivity index (χ0v) is 13.4. The summed E-state index contributed by atoms with van der Waals surface area (Å²) in [4.78, 5) is 20.4. The van der Waals surface area contributed by atoms with Crippen molar-refractivity contribution in [3.8, 4) is 0 Å². The van der Waals surface area contributed by atoms with Crippen LogP contribution in [0.3, 0.4) is 0 Å². The van der Waals surface area contributed by atoms with E-state index in [0.717, 1.165) is 11.4 Å². The minimum absolute atomic E-state index is 0. The number of carbonyl (C=O) groups is 1. The van der Waals surface area contributed by atoms with Crippen LogP contribution in [0.1, 0.15) is 24.2 Å². The Bertz CT molecular complexity index is 447. The molecular formula is C13H21ClN4OS. The molecule has 1 aromatic heterocycles. The number of carbonyl (C=O) groups excluding carboxylic acids is 1. The van der Waals surface area contributed by atoms with Crippen LogP contribution in [-0.2, 0) is 4.79 Å². The van der Waals surface area contributed by atoms with Crippen molar-refractivity contribution in [3.05, 3.63) is 17.5 Å². The van der Waals surface area contributed by atoms with Gasteiger partial charge in [-0.2, -0.15) is 0 Å².